The van der Waals surface area contributed by atoms with Gasteiger partial charge in [-0.05, 0) is 17.9 Å². The lowest BCUT2D eigenvalue weighted by molar-refractivity contribution is -0.150. The van der Waals surface area contributed by atoms with Gasteiger partial charge in [-0.1, -0.05) is 12.1 Å². The number of carbonyl (C=O) groups excluding carboxylic acids is 2. The van der Waals surface area contributed by atoms with Crippen LogP contribution in [0.15, 0.2) is 30.2 Å². The molecule has 24 heavy (non-hydrogen) atoms. The molecule has 1 N–H and O–H groups in total. The second-order valence-corrected chi connectivity index (χ2v) is 7.41. The van der Waals surface area contributed by atoms with Crippen molar-refractivity contribution in [3.05, 3.63) is 35.0 Å². The van der Waals surface area contributed by atoms with Gasteiger partial charge in [0.25, 0.3) is 0 Å². The molecule has 128 valence electrons. The van der Waals surface area contributed by atoms with E-state index in [-0.39, 0.29) is 31.4 Å². The average molecular weight is 348 g/mol. The maximum atomic E-state index is 12.5. The molecule has 1 aromatic rings. The number of carboxylic acids is 1. The van der Waals surface area contributed by atoms with Crippen LogP contribution < -0.4 is 0 Å². The SMILES string of the molecule is C=CCN1C[C@@]2(C(=O)O)CN(C(=O)CCc3cccs3)C[C@H]2C1=O. The molecule has 2 aliphatic heterocycles. The summed E-state index contributed by atoms with van der Waals surface area (Å²) in [6, 6.07) is 3.92. The van der Waals surface area contributed by atoms with Crippen molar-refractivity contribution in [3.63, 3.8) is 0 Å². The molecule has 2 atom stereocenters. The molecular formula is C17H20N2O4S. The van der Waals surface area contributed by atoms with E-state index in [1.54, 1.807) is 22.3 Å². The number of likely N-dealkylation sites (tertiary alicyclic amines) is 2. The van der Waals surface area contributed by atoms with E-state index in [1.165, 1.54) is 4.90 Å². The largest absolute Gasteiger partial charge is 0.481 e. The van der Waals surface area contributed by atoms with Gasteiger partial charge < -0.3 is 14.9 Å². The summed E-state index contributed by atoms with van der Waals surface area (Å²) in [4.78, 5) is 41.0. The highest BCUT2D eigenvalue weighted by Crippen LogP contribution is 2.43. The maximum Gasteiger partial charge on any atom is 0.314 e. The Bertz CT molecular complexity index is 672. The van der Waals surface area contributed by atoms with Crippen molar-refractivity contribution >= 4 is 29.1 Å². The molecule has 7 heteroatoms. The molecule has 0 radical (unpaired) electrons. The van der Waals surface area contributed by atoms with Crippen molar-refractivity contribution < 1.29 is 19.5 Å². The van der Waals surface area contributed by atoms with E-state index in [2.05, 4.69) is 6.58 Å². The van der Waals surface area contributed by atoms with Gasteiger partial charge in [0.05, 0.1) is 5.92 Å². The molecular weight excluding hydrogens is 328 g/mol. The Morgan fingerprint density at radius 1 is 1.46 bits per heavy atom. The Hall–Kier alpha value is -2.15. The van der Waals surface area contributed by atoms with Crippen molar-refractivity contribution in [2.24, 2.45) is 11.3 Å². The molecule has 3 heterocycles. The minimum absolute atomic E-state index is 0.0819. The number of nitrogens with zero attached hydrogens (tertiary/aromatic N) is 2. The van der Waals surface area contributed by atoms with E-state index in [1.807, 2.05) is 17.5 Å². The van der Waals surface area contributed by atoms with Gasteiger partial charge >= 0.3 is 5.97 Å². The summed E-state index contributed by atoms with van der Waals surface area (Å²) in [5, 5.41) is 11.7. The second kappa shape index (κ2) is 6.39. The summed E-state index contributed by atoms with van der Waals surface area (Å²) < 4.78 is 0. The quantitative estimate of drug-likeness (QED) is 0.785. The second-order valence-electron chi connectivity index (χ2n) is 6.37. The smallest absolute Gasteiger partial charge is 0.314 e. The number of amides is 2. The highest BCUT2D eigenvalue weighted by Gasteiger charge is 2.62. The van der Waals surface area contributed by atoms with E-state index in [4.69, 9.17) is 0 Å². The van der Waals surface area contributed by atoms with E-state index in [9.17, 15) is 19.5 Å². The fraction of sp³-hybridized carbons (Fsp3) is 0.471. The number of thiophene rings is 1. The van der Waals surface area contributed by atoms with E-state index in [0.29, 0.717) is 19.4 Å². The topological polar surface area (TPSA) is 77.9 Å². The number of aryl methyl sites for hydroxylation is 1. The van der Waals surface area contributed by atoms with Crippen LogP contribution in [-0.4, -0.2) is 58.9 Å². The van der Waals surface area contributed by atoms with Crippen LogP contribution in [0, 0.1) is 11.3 Å². The van der Waals surface area contributed by atoms with Crippen molar-refractivity contribution in [1.82, 2.24) is 9.80 Å². The fourth-order valence-electron chi connectivity index (χ4n) is 3.65. The van der Waals surface area contributed by atoms with Gasteiger partial charge in [0.2, 0.25) is 11.8 Å². The lowest BCUT2D eigenvalue weighted by Crippen LogP contribution is -2.42. The Labute approximate surface area is 144 Å². The minimum atomic E-state index is -1.18. The van der Waals surface area contributed by atoms with Gasteiger partial charge in [0, 0.05) is 37.5 Å². The maximum absolute atomic E-state index is 12.5. The standard InChI is InChI=1S/C17H20N2O4S/c1-2-7-18-10-17(16(22)23)11-19(9-13(17)15(18)21)14(20)6-5-12-4-3-8-24-12/h2-4,8,13H,1,5-7,9-11H2,(H,22,23)/t13-,17+/m0/s1. The van der Waals surface area contributed by atoms with Gasteiger partial charge in [0.1, 0.15) is 5.41 Å². The minimum Gasteiger partial charge on any atom is -0.481 e. The van der Waals surface area contributed by atoms with Crippen molar-refractivity contribution in [2.45, 2.75) is 12.8 Å². The number of hydrogen-bond acceptors (Lipinski definition) is 4. The third-order valence-electron chi connectivity index (χ3n) is 4.92. The normalized spacial score (nSPS) is 25.8. The summed E-state index contributed by atoms with van der Waals surface area (Å²) in [5.74, 6) is -1.92. The zero-order valence-corrected chi connectivity index (χ0v) is 14.1. The van der Waals surface area contributed by atoms with Crippen LogP contribution in [0.3, 0.4) is 0 Å². The van der Waals surface area contributed by atoms with Gasteiger partial charge in [-0.15, -0.1) is 17.9 Å². The predicted molar refractivity (Wildman–Crippen MR) is 89.6 cm³/mol. The third kappa shape index (κ3) is 2.73. The van der Waals surface area contributed by atoms with Crippen molar-refractivity contribution in [3.8, 4) is 0 Å². The van der Waals surface area contributed by atoms with Crippen LogP contribution in [0.1, 0.15) is 11.3 Å². The Morgan fingerprint density at radius 3 is 2.83 bits per heavy atom. The number of rotatable bonds is 6. The first kappa shape index (κ1) is 16.7. The molecule has 0 aromatic carbocycles. The Morgan fingerprint density at radius 2 is 2.25 bits per heavy atom. The molecule has 2 saturated heterocycles. The first-order chi connectivity index (χ1) is 11.5. The zero-order valence-electron chi connectivity index (χ0n) is 13.3. The fourth-order valence-corrected chi connectivity index (χ4v) is 4.36. The van der Waals surface area contributed by atoms with Gasteiger partial charge in [-0.2, -0.15) is 0 Å². The molecule has 6 nitrogen and oxygen atoms in total. The van der Waals surface area contributed by atoms with Crippen LogP contribution in [0.5, 0.6) is 0 Å². The Kier molecular flexibility index (Phi) is 4.45. The number of fused-ring (bicyclic) bond motifs is 1. The van der Waals surface area contributed by atoms with Crippen LogP contribution in [0.2, 0.25) is 0 Å². The lowest BCUT2D eigenvalue weighted by atomic mass is 9.81. The molecule has 2 fully saturated rings. The number of carbonyl (C=O) groups is 3. The van der Waals surface area contributed by atoms with E-state index in [0.717, 1.165) is 4.88 Å². The number of hydrogen-bond donors (Lipinski definition) is 1. The lowest BCUT2D eigenvalue weighted by Gasteiger charge is -2.24. The third-order valence-corrected chi connectivity index (χ3v) is 5.86. The van der Waals surface area contributed by atoms with Crippen LogP contribution in [0.4, 0.5) is 0 Å². The van der Waals surface area contributed by atoms with Gasteiger partial charge in [-0.25, -0.2) is 0 Å². The molecule has 2 amide bonds. The predicted octanol–water partition coefficient (Wildman–Crippen LogP) is 1.24. The van der Waals surface area contributed by atoms with Crippen molar-refractivity contribution in [1.29, 1.82) is 0 Å². The molecule has 0 unspecified atom stereocenters. The molecule has 3 rings (SSSR count). The molecule has 0 bridgehead atoms. The summed E-state index contributed by atoms with van der Waals surface area (Å²) in [6.45, 7) is 4.40. The van der Waals surface area contributed by atoms with Gasteiger partial charge in [-0.3, -0.25) is 14.4 Å². The highest BCUT2D eigenvalue weighted by molar-refractivity contribution is 7.09. The van der Waals surface area contributed by atoms with E-state index < -0.39 is 17.3 Å². The summed E-state index contributed by atoms with van der Waals surface area (Å²) in [5.41, 5.74) is -1.18. The van der Waals surface area contributed by atoms with Crippen LogP contribution in [0.25, 0.3) is 0 Å². The van der Waals surface area contributed by atoms with E-state index >= 15 is 0 Å². The first-order valence-electron chi connectivity index (χ1n) is 7.91. The Balaban J connectivity index is 1.70. The first-order valence-corrected chi connectivity index (χ1v) is 8.79. The van der Waals surface area contributed by atoms with Gasteiger partial charge in [0.15, 0.2) is 0 Å². The summed E-state index contributed by atoms with van der Waals surface area (Å²) in [7, 11) is 0. The zero-order chi connectivity index (χ0) is 17.3. The number of aliphatic carboxylic acids is 1. The molecule has 2 aliphatic rings. The molecule has 1 aromatic heterocycles. The molecule has 0 aliphatic carbocycles. The van der Waals surface area contributed by atoms with Crippen molar-refractivity contribution in [2.75, 3.05) is 26.2 Å². The van der Waals surface area contributed by atoms with Crippen LogP contribution in [-0.2, 0) is 20.8 Å². The highest BCUT2D eigenvalue weighted by atomic mass is 32.1. The average Bonchev–Trinajstić information content (AvgIpc) is 3.24. The molecule has 0 spiro atoms. The van der Waals surface area contributed by atoms with Crippen LogP contribution >= 0.6 is 11.3 Å². The summed E-state index contributed by atoms with van der Waals surface area (Å²) in [6.07, 6.45) is 2.58. The summed E-state index contributed by atoms with van der Waals surface area (Å²) >= 11 is 1.60. The molecule has 0 saturated carbocycles. The number of carboxylic acid groups (broad SMARTS) is 1. The monoisotopic (exact) mass is 348 g/mol.